The Morgan fingerprint density at radius 2 is 1.52 bits per heavy atom. The SMILES string of the molecule is Cc1ccccc1NC(=O)c1ccc(NS(=O)(=O)c2ccc(Cl)cc2)cc1. The quantitative estimate of drug-likeness (QED) is 0.651. The van der Waals surface area contributed by atoms with Gasteiger partial charge in [-0.05, 0) is 67.1 Å². The topological polar surface area (TPSA) is 75.3 Å². The van der Waals surface area contributed by atoms with Crippen LogP contribution >= 0.6 is 11.6 Å². The van der Waals surface area contributed by atoms with Crippen LogP contribution in [0.1, 0.15) is 15.9 Å². The molecule has 2 N–H and O–H groups in total. The van der Waals surface area contributed by atoms with E-state index in [0.717, 1.165) is 11.3 Å². The maximum atomic E-state index is 12.4. The van der Waals surface area contributed by atoms with Crippen LogP contribution in [0.2, 0.25) is 5.02 Å². The predicted octanol–water partition coefficient (Wildman–Crippen LogP) is 4.70. The lowest BCUT2D eigenvalue weighted by atomic mass is 10.1. The molecular formula is C20H17ClN2O3S. The maximum Gasteiger partial charge on any atom is 0.261 e. The third kappa shape index (κ3) is 4.67. The number of hydrogen-bond donors (Lipinski definition) is 2. The normalized spacial score (nSPS) is 11.0. The van der Waals surface area contributed by atoms with E-state index in [1.54, 1.807) is 24.3 Å². The number of aryl methyl sites for hydroxylation is 1. The van der Waals surface area contributed by atoms with Crippen molar-refractivity contribution < 1.29 is 13.2 Å². The molecular weight excluding hydrogens is 384 g/mol. The third-order valence-corrected chi connectivity index (χ3v) is 5.57. The molecule has 1 amide bonds. The van der Waals surface area contributed by atoms with Crippen LogP contribution in [0.5, 0.6) is 0 Å². The maximum absolute atomic E-state index is 12.4. The number of halogens is 1. The van der Waals surface area contributed by atoms with Crippen molar-refractivity contribution in [2.24, 2.45) is 0 Å². The third-order valence-electron chi connectivity index (χ3n) is 3.92. The van der Waals surface area contributed by atoms with E-state index in [0.29, 0.717) is 16.3 Å². The first-order valence-corrected chi connectivity index (χ1v) is 9.97. The van der Waals surface area contributed by atoms with Gasteiger partial charge in [-0.15, -0.1) is 0 Å². The van der Waals surface area contributed by atoms with E-state index in [2.05, 4.69) is 10.0 Å². The fourth-order valence-electron chi connectivity index (χ4n) is 2.43. The zero-order valence-corrected chi connectivity index (χ0v) is 16.0. The first-order valence-electron chi connectivity index (χ1n) is 8.10. The summed E-state index contributed by atoms with van der Waals surface area (Å²) in [7, 11) is -3.73. The fraction of sp³-hybridized carbons (Fsp3) is 0.0500. The van der Waals surface area contributed by atoms with Gasteiger partial charge < -0.3 is 5.32 Å². The van der Waals surface area contributed by atoms with Gasteiger partial charge in [0.25, 0.3) is 15.9 Å². The molecule has 0 unspecified atom stereocenters. The van der Waals surface area contributed by atoms with Crippen LogP contribution in [0.15, 0.2) is 77.7 Å². The van der Waals surface area contributed by atoms with Crippen LogP contribution < -0.4 is 10.0 Å². The Morgan fingerprint density at radius 1 is 0.889 bits per heavy atom. The van der Waals surface area contributed by atoms with Crippen LogP contribution in [0, 0.1) is 6.92 Å². The van der Waals surface area contributed by atoms with Gasteiger partial charge in [0.2, 0.25) is 0 Å². The second-order valence-corrected chi connectivity index (χ2v) is 8.02. The summed E-state index contributed by atoms with van der Waals surface area (Å²) in [6.07, 6.45) is 0. The van der Waals surface area contributed by atoms with Gasteiger partial charge in [-0.1, -0.05) is 29.8 Å². The lowest BCUT2D eigenvalue weighted by Crippen LogP contribution is -2.14. The number of rotatable bonds is 5. The Hall–Kier alpha value is -2.83. The average molecular weight is 401 g/mol. The first-order chi connectivity index (χ1) is 12.8. The number of amides is 1. The molecule has 0 aromatic heterocycles. The summed E-state index contributed by atoms with van der Waals surface area (Å²) in [5.41, 5.74) is 2.47. The van der Waals surface area contributed by atoms with Gasteiger partial charge in [-0.2, -0.15) is 0 Å². The smallest absolute Gasteiger partial charge is 0.261 e. The van der Waals surface area contributed by atoms with Crippen molar-refractivity contribution in [2.75, 3.05) is 10.0 Å². The highest BCUT2D eigenvalue weighted by Gasteiger charge is 2.14. The lowest BCUT2D eigenvalue weighted by molar-refractivity contribution is 0.102. The minimum Gasteiger partial charge on any atom is -0.322 e. The van der Waals surface area contributed by atoms with E-state index in [1.165, 1.54) is 24.3 Å². The van der Waals surface area contributed by atoms with Gasteiger partial charge in [0.1, 0.15) is 0 Å². The molecule has 3 rings (SSSR count). The summed E-state index contributed by atoms with van der Waals surface area (Å²) in [6, 6.07) is 19.5. The van der Waals surface area contributed by atoms with E-state index >= 15 is 0 Å². The Labute approximate surface area is 163 Å². The summed E-state index contributed by atoms with van der Waals surface area (Å²) >= 11 is 5.78. The number of sulfonamides is 1. The van der Waals surface area contributed by atoms with Crippen molar-refractivity contribution in [3.63, 3.8) is 0 Å². The summed E-state index contributed by atoms with van der Waals surface area (Å²) in [6.45, 7) is 1.91. The second kappa shape index (κ2) is 7.82. The standard InChI is InChI=1S/C20H17ClN2O3S/c1-14-4-2-3-5-19(14)22-20(24)15-6-10-17(11-7-15)23-27(25,26)18-12-8-16(21)9-13-18/h2-13,23H,1H3,(H,22,24). The Balaban J connectivity index is 1.72. The zero-order valence-electron chi connectivity index (χ0n) is 14.4. The van der Waals surface area contributed by atoms with Crippen molar-refractivity contribution in [3.8, 4) is 0 Å². The molecule has 0 radical (unpaired) electrons. The molecule has 27 heavy (non-hydrogen) atoms. The highest BCUT2D eigenvalue weighted by atomic mass is 35.5. The Kier molecular flexibility index (Phi) is 5.48. The molecule has 138 valence electrons. The Morgan fingerprint density at radius 3 is 2.15 bits per heavy atom. The van der Waals surface area contributed by atoms with E-state index < -0.39 is 10.0 Å². The molecule has 5 nitrogen and oxygen atoms in total. The van der Waals surface area contributed by atoms with Crippen LogP contribution in [0.25, 0.3) is 0 Å². The Bertz CT molecular complexity index is 1060. The van der Waals surface area contributed by atoms with Crippen LogP contribution in [0.3, 0.4) is 0 Å². The first kappa shape index (κ1) is 18.9. The molecule has 3 aromatic carbocycles. The summed E-state index contributed by atoms with van der Waals surface area (Å²) in [5.74, 6) is -0.267. The number of hydrogen-bond acceptors (Lipinski definition) is 3. The monoisotopic (exact) mass is 400 g/mol. The summed E-state index contributed by atoms with van der Waals surface area (Å²) in [5, 5.41) is 3.29. The molecule has 0 aliphatic heterocycles. The predicted molar refractivity (Wildman–Crippen MR) is 108 cm³/mol. The van der Waals surface area contributed by atoms with Crippen molar-refractivity contribution in [1.29, 1.82) is 0 Å². The summed E-state index contributed by atoms with van der Waals surface area (Å²) in [4.78, 5) is 12.5. The molecule has 0 aliphatic carbocycles. The molecule has 0 atom stereocenters. The van der Waals surface area contributed by atoms with E-state index in [9.17, 15) is 13.2 Å². The molecule has 0 heterocycles. The molecule has 7 heteroatoms. The van der Waals surface area contributed by atoms with Crippen LogP contribution in [-0.4, -0.2) is 14.3 Å². The number of anilines is 2. The van der Waals surface area contributed by atoms with Gasteiger partial charge in [0, 0.05) is 22.0 Å². The van der Waals surface area contributed by atoms with E-state index in [-0.39, 0.29) is 10.8 Å². The molecule has 0 aliphatic rings. The molecule has 3 aromatic rings. The number of para-hydroxylation sites is 1. The average Bonchev–Trinajstić information content (AvgIpc) is 2.64. The number of benzene rings is 3. The van der Waals surface area contributed by atoms with Crippen LogP contribution in [-0.2, 0) is 10.0 Å². The minimum absolute atomic E-state index is 0.105. The largest absolute Gasteiger partial charge is 0.322 e. The molecule has 0 bridgehead atoms. The zero-order chi connectivity index (χ0) is 19.4. The van der Waals surface area contributed by atoms with Gasteiger partial charge >= 0.3 is 0 Å². The second-order valence-electron chi connectivity index (χ2n) is 5.91. The number of carbonyl (C=O) groups is 1. The van der Waals surface area contributed by atoms with Gasteiger partial charge in [-0.3, -0.25) is 9.52 Å². The number of nitrogens with one attached hydrogen (secondary N) is 2. The molecule has 0 saturated heterocycles. The van der Waals surface area contributed by atoms with Crippen molar-refractivity contribution >= 4 is 38.9 Å². The van der Waals surface area contributed by atoms with Crippen LogP contribution in [0.4, 0.5) is 11.4 Å². The molecule has 0 spiro atoms. The van der Waals surface area contributed by atoms with E-state index in [4.69, 9.17) is 11.6 Å². The van der Waals surface area contributed by atoms with Crippen molar-refractivity contribution in [3.05, 3.63) is 88.9 Å². The number of carbonyl (C=O) groups excluding carboxylic acids is 1. The molecule has 0 fully saturated rings. The fourth-order valence-corrected chi connectivity index (χ4v) is 3.61. The highest BCUT2D eigenvalue weighted by molar-refractivity contribution is 7.92. The van der Waals surface area contributed by atoms with Gasteiger partial charge in [0.05, 0.1) is 4.90 Å². The van der Waals surface area contributed by atoms with Gasteiger partial charge in [-0.25, -0.2) is 8.42 Å². The lowest BCUT2D eigenvalue weighted by Gasteiger charge is -2.10. The molecule has 0 saturated carbocycles. The van der Waals surface area contributed by atoms with Crippen molar-refractivity contribution in [2.45, 2.75) is 11.8 Å². The van der Waals surface area contributed by atoms with Crippen molar-refractivity contribution in [1.82, 2.24) is 0 Å². The minimum atomic E-state index is -3.73. The summed E-state index contributed by atoms with van der Waals surface area (Å²) < 4.78 is 27.2. The van der Waals surface area contributed by atoms with Gasteiger partial charge in [0.15, 0.2) is 0 Å². The highest BCUT2D eigenvalue weighted by Crippen LogP contribution is 2.20. The van der Waals surface area contributed by atoms with E-state index in [1.807, 2.05) is 31.2 Å².